The van der Waals surface area contributed by atoms with Gasteiger partial charge in [0.1, 0.15) is 0 Å². The van der Waals surface area contributed by atoms with Gasteiger partial charge in [0.05, 0.1) is 0 Å². The van der Waals surface area contributed by atoms with Crippen LogP contribution in [0.1, 0.15) is 26.2 Å². The van der Waals surface area contributed by atoms with Gasteiger partial charge in [0.2, 0.25) is 0 Å². The molecule has 1 saturated heterocycles. The van der Waals surface area contributed by atoms with Gasteiger partial charge in [0.15, 0.2) is 0 Å². The molecule has 13 heavy (non-hydrogen) atoms. The average molecular weight is 200 g/mol. The molecule has 0 amide bonds. The zero-order valence-electron chi connectivity index (χ0n) is 8.41. The highest BCUT2D eigenvalue weighted by molar-refractivity contribution is 8.00. The van der Waals surface area contributed by atoms with Crippen molar-refractivity contribution in [2.45, 2.75) is 43.5 Å². The molecule has 0 aromatic heterocycles. The highest BCUT2D eigenvalue weighted by Crippen LogP contribution is 2.29. The Kier molecular flexibility index (Phi) is 3.17. The summed E-state index contributed by atoms with van der Waals surface area (Å²) in [6.07, 6.45) is 3.79. The summed E-state index contributed by atoms with van der Waals surface area (Å²) >= 11 is 2.15. The molecule has 2 nitrogen and oxygen atoms in total. The SMILES string of the molecule is CCC1CN(C2CC(N)C2)CCS1. The number of nitrogens with zero attached hydrogens (tertiary/aromatic N) is 1. The lowest BCUT2D eigenvalue weighted by Crippen LogP contribution is -2.54. The first-order valence-electron chi connectivity index (χ1n) is 5.40. The molecule has 1 unspecified atom stereocenters. The maximum absolute atomic E-state index is 5.81. The fraction of sp³-hybridized carbons (Fsp3) is 1.00. The Morgan fingerprint density at radius 1 is 1.46 bits per heavy atom. The fourth-order valence-corrected chi connectivity index (χ4v) is 3.45. The molecular formula is C10H20N2S. The summed E-state index contributed by atoms with van der Waals surface area (Å²) in [5, 5.41) is 0.880. The van der Waals surface area contributed by atoms with Crippen LogP contribution in [0.5, 0.6) is 0 Å². The molecule has 0 aromatic rings. The van der Waals surface area contributed by atoms with E-state index in [2.05, 4.69) is 23.6 Å². The molecule has 3 heteroatoms. The second-order valence-electron chi connectivity index (χ2n) is 4.28. The average Bonchev–Trinajstić information content (AvgIpc) is 2.13. The highest BCUT2D eigenvalue weighted by atomic mass is 32.2. The quantitative estimate of drug-likeness (QED) is 0.728. The fourth-order valence-electron chi connectivity index (χ4n) is 2.25. The molecule has 2 N–H and O–H groups in total. The molecule has 0 bridgehead atoms. The Hall–Kier alpha value is 0.270. The van der Waals surface area contributed by atoms with E-state index in [1.165, 1.54) is 38.1 Å². The Bertz CT molecular complexity index is 168. The molecule has 1 heterocycles. The Labute approximate surface area is 85.2 Å². The predicted molar refractivity (Wildman–Crippen MR) is 59.1 cm³/mol. The van der Waals surface area contributed by atoms with Crippen molar-refractivity contribution in [3.63, 3.8) is 0 Å². The van der Waals surface area contributed by atoms with Crippen molar-refractivity contribution in [2.24, 2.45) is 5.73 Å². The van der Waals surface area contributed by atoms with Gasteiger partial charge in [-0.05, 0) is 19.3 Å². The van der Waals surface area contributed by atoms with E-state index in [9.17, 15) is 0 Å². The van der Waals surface area contributed by atoms with Crippen LogP contribution in [0.3, 0.4) is 0 Å². The van der Waals surface area contributed by atoms with Crippen molar-refractivity contribution >= 4 is 11.8 Å². The number of nitrogens with two attached hydrogens (primary N) is 1. The summed E-state index contributed by atoms with van der Waals surface area (Å²) in [4.78, 5) is 2.66. The van der Waals surface area contributed by atoms with Crippen LogP contribution >= 0.6 is 11.8 Å². The molecule has 1 atom stereocenters. The van der Waals surface area contributed by atoms with Crippen LogP contribution in [0, 0.1) is 0 Å². The van der Waals surface area contributed by atoms with E-state index in [0.29, 0.717) is 6.04 Å². The molecule has 0 spiro atoms. The molecule has 0 radical (unpaired) electrons. The monoisotopic (exact) mass is 200 g/mol. The van der Waals surface area contributed by atoms with Crippen LogP contribution in [-0.2, 0) is 0 Å². The van der Waals surface area contributed by atoms with Crippen LogP contribution < -0.4 is 5.73 Å². The molecule has 1 saturated carbocycles. The molecule has 0 aromatic carbocycles. The maximum atomic E-state index is 5.81. The van der Waals surface area contributed by atoms with Gasteiger partial charge in [-0.15, -0.1) is 0 Å². The third-order valence-electron chi connectivity index (χ3n) is 3.29. The van der Waals surface area contributed by atoms with Crippen molar-refractivity contribution in [1.29, 1.82) is 0 Å². The Morgan fingerprint density at radius 2 is 2.23 bits per heavy atom. The highest BCUT2D eigenvalue weighted by Gasteiger charge is 2.33. The number of thioether (sulfide) groups is 1. The van der Waals surface area contributed by atoms with Crippen molar-refractivity contribution in [3.8, 4) is 0 Å². The predicted octanol–water partition coefficient (Wildman–Crippen LogP) is 1.30. The smallest absolute Gasteiger partial charge is 0.0172 e. The summed E-state index contributed by atoms with van der Waals surface area (Å²) in [5.41, 5.74) is 5.81. The minimum Gasteiger partial charge on any atom is -0.328 e. The zero-order valence-corrected chi connectivity index (χ0v) is 9.22. The molecule has 2 fully saturated rings. The van der Waals surface area contributed by atoms with Gasteiger partial charge in [-0.3, -0.25) is 4.90 Å². The summed E-state index contributed by atoms with van der Waals surface area (Å²) in [5.74, 6) is 1.32. The van der Waals surface area contributed by atoms with Crippen molar-refractivity contribution in [2.75, 3.05) is 18.8 Å². The van der Waals surface area contributed by atoms with Gasteiger partial charge in [-0.2, -0.15) is 11.8 Å². The standard InChI is InChI=1S/C10H20N2S/c1-2-10-7-12(3-4-13-10)9-5-8(11)6-9/h8-10H,2-7,11H2,1H3. The first kappa shape index (κ1) is 9.81. The van der Waals surface area contributed by atoms with E-state index in [4.69, 9.17) is 5.73 Å². The molecule has 2 rings (SSSR count). The minimum absolute atomic E-state index is 0.500. The second-order valence-corrected chi connectivity index (χ2v) is 5.69. The summed E-state index contributed by atoms with van der Waals surface area (Å²) in [6.45, 7) is 4.89. The van der Waals surface area contributed by atoms with Gasteiger partial charge >= 0.3 is 0 Å². The lowest BCUT2D eigenvalue weighted by Gasteiger charge is -2.44. The lowest BCUT2D eigenvalue weighted by molar-refractivity contribution is 0.114. The third-order valence-corrected chi connectivity index (χ3v) is 4.66. The third kappa shape index (κ3) is 2.20. The van der Waals surface area contributed by atoms with E-state index in [0.717, 1.165) is 11.3 Å². The molecule has 1 aliphatic heterocycles. The Morgan fingerprint density at radius 3 is 2.85 bits per heavy atom. The lowest BCUT2D eigenvalue weighted by atomic mass is 9.86. The van der Waals surface area contributed by atoms with Crippen LogP contribution in [0.4, 0.5) is 0 Å². The van der Waals surface area contributed by atoms with Crippen LogP contribution in [0.2, 0.25) is 0 Å². The largest absolute Gasteiger partial charge is 0.328 e. The van der Waals surface area contributed by atoms with Crippen molar-refractivity contribution in [3.05, 3.63) is 0 Å². The van der Waals surface area contributed by atoms with Crippen molar-refractivity contribution in [1.82, 2.24) is 4.90 Å². The van der Waals surface area contributed by atoms with E-state index in [1.54, 1.807) is 0 Å². The van der Waals surface area contributed by atoms with Crippen LogP contribution in [0.15, 0.2) is 0 Å². The maximum Gasteiger partial charge on any atom is 0.0172 e. The van der Waals surface area contributed by atoms with E-state index in [1.807, 2.05) is 0 Å². The second kappa shape index (κ2) is 4.20. The summed E-state index contributed by atoms with van der Waals surface area (Å²) < 4.78 is 0. The first-order valence-corrected chi connectivity index (χ1v) is 6.45. The number of hydrogen-bond acceptors (Lipinski definition) is 3. The molecule has 1 aliphatic carbocycles. The summed E-state index contributed by atoms with van der Waals surface area (Å²) in [7, 11) is 0. The van der Waals surface area contributed by atoms with E-state index in [-0.39, 0.29) is 0 Å². The van der Waals surface area contributed by atoms with Crippen molar-refractivity contribution < 1.29 is 0 Å². The minimum atomic E-state index is 0.500. The zero-order chi connectivity index (χ0) is 9.26. The van der Waals surface area contributed by atoms with Gasteiger partial charge in [0.25, 0.3) is 0 Å². The van der Waals surface area contributed by atoms with Gasteiger partial charge in [0, 0.05) is 36.2 Å². The molecule has 2 aliphatic rings. The topological polar surface area (TPSA) is 29.3 Å². The van der Waals surface area contributed by atoms with Gasteiger partial charge in [-0.1, -0.05) is 6.92 Å². The molecular weight excluding hydrogens is 180 g/mol. The Balaban J connectivity index is 1.79. The van der Waals surface area contributed by atoms with Gasteiger partial charge < -0.3 is 5.73 Å². The van der Waals surface area contributed by atoms with E-state index < -0.39 is 0 Å². The van der Waals surface area contributed by atoms with Crippen LogP contribution in [-0.4, -0.2) is 41.1 Å². The molecule has 76 valence electrons. The first-order chi connectivity index (χ1) is 6.29. The number of hydrogen-bond donors (Lipinski definition) is 1. The van der Waals surface area contributed by atoms with Gasteiger partial charge in [-0.25, -0.2) is 0 Å². The van der Waals surface area contributed by atoms with Crippen LogP contribution in [0.25, 0.3) is 0 Å². The number of rotatable bonds is 2. The summed E-state index contributed by atoms with van der Waals surface area (Å²) in [6, 6.07) is 1.32. The normalized spacial score (nSPS) is 41.5. The van der Waals surface area contributed by atoms with E-state index >= 15 is 0 Å².